The molecule has 1 atom stereocenters. The van der Waals surface area contributed by atoms with E-state index in [9.17, 15) is 0 Å². The van der Waals surface area contributed by atoms with Gasteiger partial charge in [0, 0.05) is 36.0 Å². The van der Waals surface area contributed by atoms with E-state index >= 15 is 0 Å². The largest absolute Gasteiger partial charge is 0.315 e. The predicted octanol–water partition coefficient (Wildman–Crippen LogP) is 3.20. The monoisotopic (exact) mass is 325 g/mol. The second-order valence-electron chi connectivity index (χ2n) is 5.34. The summed E-state index contributed by atoms with van der Waals surface area (Å²) in [4.78, 5) is 6.87. The van der Waals surface area contributed by atoms with Gasteiger partial charge in [-0.25, -0.2) is 0 Å². The van der Waals surface area contributed by atoms with Crippen molar-refractivity contribution in [2.24, 2.45) is 0 Å². The van der Waals surface area contributed by atoms with Crippen LogP contribution in [-0.4, -0.2) is 35.6 Å². The summed E-state index contributed by atoms with van der Waals surface area (Å²) in [6, 6.07) is 2.86. The first kappa shape index (κ1) is 14.9. The molecule has 1 aromatic rings. The number of nitrogens with one attached hydrogen (secondary N) is 1. The average molecular weight is 326 g/mol. The number of piperidine rings is 1. The normalized spacial score (nSPS) is 20.6. The van der Waals surface area contributed by atoms with Gasteiger partial charge in [0.2, 0.25) is 0 Å². The number of hydrogen-bond donors (Lipinski definition) is 1. The van der Waals surface area contributed by atoms with Crippen molar-refractivity contribution < 1.29 is 0 Å². The van der Waals surface area contributed by atoms with Gasteiger partial charge in [-0.05, 0) is 59.9 Å². The summed E-state index contributed by atoms with van der Waals surface area (Å²) in [6.07, 6.45) is 9.05. The first-order chi connectivity index (χ1) is 9.29. The minimum atomic E-state index is 0.680. The number of pyridine rings is 1. The van der Waals surface area contributed by atoms with Crippen LogP contribution in [0.1, 0.15) is 38.2 Å². The Hall–Kier alpha value is -0.450. The lowest BCUT2D eigenvalue weighted by molar-refractivity contribution is 0.137. The molecule has 0 spiro atoms. The van der Waals surface area contributed by atoms with Gasteiger partial charge in [0.25, 0.3) is 0 Å². The molecule has 2 rings (SSSR count). The van der Waals surface area contributed by atoms with Crippen LogP contribution in [0.25, 0.3) is 0 Å². The summed E-state index contributed by atoms with van der Waals surface area (Å²) >= 11 is 3.50. The van der Waals surface area contributed by atoms with Crippen molar-refractivity contribution in [1.82, 2.24) is 15.2 Å². The molecule has 2 heterocycles. The highest BCUT2D eigenvalue weighted by molar-refractivity contribution is 9.10. The third kappa shape index (κ3) is 4.86. The summed E-state index contributed by atoms with van der Waals surface area (Å²) < 4.78 is 1.07. The van der Waals surface area contributed by atoms with Gasteiger partial charge >= 0.3 is 0 Å². The minimum absolute atomic E-state index is 0.680. The number of rotatable bonds is 6. The maximum Gasteiger partial charge on any atom is 0.0410 e. The van der Waals surface area contributed by atoms with Crippen LogP contribution in [0.5, 0.6) is 0 Å². The van der Waals surface area contributed by atoms with Crippen molar-refractivity contribution in [2.45, 2.75) is 45.2 Å². The smallest absolute Gasteiger partial charge is 0.0410 e. The number of hydrogen-bond acceptors (Lipinski definition) is 3. The number of nitrogens with zero attached hydrogens (tertiary/aromatic N) is 2. The molecule has 1 aliphatic rings. The fourth-order valence-corrected chi connectivity index (χ4v) is 3.13. The van der Waals surface area contributed by atoms with Gasteiger partial charge in [0.05, 0.1) is 0 Å². The lowest BCUT2D eigenvalue weighted by Crippen LogP contribution is -2.45. The van der Waals surface area contributed by atoms with Crippen molar-refractivity contribution in [3.8, 4) is 0 Å². The van der Waals surface area contributed by atoms with Crippen LogP contribution in [-0.2, 0) is 6.54 Å². The van der Waals surface area contributed by atoms with Crippen LogP contribution in [0.15, 0.2) is 22.9 Å². The highest BCUT2D eigenvalue weighted by Crippen LogP contribution is 2.20. The molecule has 0 aromatic carbocycles. The molecule has 1 N–H and O–H groups in total. The Morgan fingerprint density at radius 2 is 2.32 bits per heavy atom. The fraction of sp³-hybridized carbons (Fsp3) is 0.667. The maximum atomic E-state index is 4.26. The van der Waals surface area contributed by atoms with E-state index < -0.39 is 0 Å². The van der Waals surface area contributed by atoms with E-state index in [0.717, 1.165) is 24.1 Å². The van der Waals surface area contributed by atoms with E-state index in [1.165, 1.54) is 37.8 Å². The van der Waals surface area contributed by atoms with E-state index in [4.69, 9.17) is 0 Å². The Balaban J connectivity index is 1.91. The fourth-order valence-electron chi connectivity index (χ4n) is 2.72. The molecule has 4 heteroatoms. The Bertz CT molecular complexity index is 383. The van der Waals surface area contributed by atoms with Gasteiger partial charge in [-0.1, -0.05) is 13.3 Å². The molecule has 106 valence electrons. The first-order valence-electron chi connectivity index (χ1n) is 7.33. The second-order valence-corrected chi connectivity index (χ2v) is 6.25. The quantitative estimate of drug-likeness (QED) is 0.814. The molecular weight excluding hydrogens is 302 g/mol. The Kier molecular flexibility index (Phi) is 6.28. The zero-order chi connectivity index (χ0) is 13.5. The zero-order valence-electron chi connectivity index (χ0n) is 11.7. The van der Waals surface area contributed by atoms with E-state index in [-0.39, 0.29) is 0 Å². The molecular formula is C15H24BrN3. The molecule has 0 saturated carbocycles. The van der Waals surface area contributed by atoms with Crippen LogP contribution >= 0.6 is 15.9 Å². The molecule has 0 bridgehead atoms. The van der Waals surface area contributed by atoms with Crippen molar-refractivity contribution in [3.05, 3.63) is 28.5 Å². The van der Waals surface area contributed by atoms with E-state index in [1.54, 1.807) is 0 Å². The van der Waals surface area contributed by atoms with Crippen LogP contribution in [0.4, 0.5) is 0 Å². The number of halogens is 1. The van der Waals surface area contributed by atoms with Gasteiger partial charge in [0.15, 0.2) is 0 Å². The van der Waals surface area contributed by atoms with Gasteiger partial charge in [-0.3, -0.25) is 9.88 Å². The summed E-state index contributed by atoms with van der Waals surface area (Å²) in [5.41, 5.74) is 1.30. The van der Waals surface area contributed by atoms with E-state index in [0.29, 0.717) is 6.04 Å². The van der Waals surface area contributed by atoms with Crippen LogP contribution in [0, 0.1) is 0 Å². The SMILES string of the molecule is CCCNCC1CCCCN1Cc1cncc(Br)c1. The Morgan fingerprint density at radius 3 is 3.11 bits per heavy atom. The minimum Gasteiger partial charge on any atom is -0.315 e. The maximum absolute atomic E-state index is 4.26. The summed E-state index contributed by atoms with van der Waals surface area (Å²) in [5.74, 6) is 0. The number of likely N-dealkylation sites (tertiary alicyclic amines) is 1. The topological polar surface area (TPSA) is 28.2 Å². The van der Waals surface area contributed by atoms with Gasteiger partial charge in [-0.15, -0.1) is 0 Å². The molecule has 0 amide bonds. The molecule has 0 aliphatic carbocycles. The number of aromatic nitrogens is 1. The average Bonchev–Trinajstić information content (AvgIpc) is 2.41. The predicted molar refractivity (Wildman–Crippen MR) is 83.1 cm³/mol. The molecule has 1 unspecified atom stereocenters. The van der Waals surface area contributed by atoms with Crippen molar-refractivity contribution in [3.63, 3.8) is 0 Å². The van der Waals surface area contributed by atoms with Gasteiger partial charge < -0.3 is 5.32 Å². The Labute approximate surface area is 124 Å². The van der Waals surface area contributed by atoms with Crippen LogP contribution in [0.2, 0.25) is 0 Å². The lowest BCUT2D eigenvalue weighted by atomic mass is 10.0. The highest BCUT2D eigenvalue weighted by atomic mass is 79.9. The molecule has 0 radical (unpaired) electrons. The molecule has 19 heavy (non-hydrogen) atoms. The molecule has 1 saturated heterocycles. The first-order valence-corrected chi connectivity index (χ1v) is 8.13. The standard InChI is InChI=1S/C15H24BrN3/c1-2-6-17-11-15-5-3-4-7-19(15)12-13-8-14(16)10-18-9-13/h8-10,15,17H,2-7,11-12H2,1H3. The van der Waals surface area contributed by atoms with E-state index in [1.807, 2.05) is 12.4 Å². The third-order valence-corrected chi connectivity index (χ3v) is 4.14. The van der Waals surface area contributed by atoms with Crippen molar-refractivity contribution >= 4 is 15.9 Å². The summed E-state index contributed by atoms with van der Waals surface area (Å²) in [7, 11) is 0. The molecule has 1 aliphatic heterocycles. The lowest BCUT2D eigenvalue weighted by Gasteiger charge is -2.36. The second kappa shape index (κ2) is 7.98. The van der Waals surface area contributed by atoms with Crippen LogP contribution in [0.3, 0.4) is 0 Å². The highest BCUT2D eigenvalue weighted by Gasteiger charge is 2.21. The molecule has 1 fully saturated rings. The molecule has 1 aromatic heterocycles. The third-order valence-electron chi connectivity index (χ3n) is 3.70. The van der Waals surface area contributed by atoms with Crippen LogP contribution < -0.4 is 5.32 Å². The Morgan fingerprint density at radius 1 is 1.42 bits per heavy atom. The van der Waals surface area contributed by atoms with Crippen molar-refractivity contribution in [2.75, 3.05) is 19.6 Å². The zero-order valence-corrected chi connectivity index (χ0v) is 13.3. The van der Waals surface area contributed by atoms with Crippen molar-refractivity contribution in [1.29, 1.82) is 0 Å². The van der Waals surface area contributed by atoms with Gasteiger partial charge in [-0.2, -0.15) is 0 Å². The van der Waals surface area contributed by atoms with Gasteiger partial charge in [0.1, 0.15) is 0 Å². The van der Waals surface area contributed by atoms with E-state index in [2.05, 4.69) is 44.1 Å². The molecule has 3 nitrogen and oxygen atoms in total. The summed E-state index contributed by atoms with van der Waals surface area (Å²) in [5, 5.41) is 3.57. The summed E-state index contributed by atoms with van der Waals surface area (Å²) in [6.45, 7) is 6.70.